The number of nitrogens with zero attached hydrogens (tertiary/aromatic N) is 1. The van der Waals surface area contributed by atoms with Crippen LogP contribution >= 0.6 is 11.3 Å². The summed E-state index contributed by atoms with van der Waals surface area (Å²) in [7, 11) is 3.07. The van der Waals surface area contributed by atoms with E-state index in [2.05, 4.69) is 10.3 Å². The summed E-state index contributed by atoms with van der Waals surface area (Å²) in [6.45, 7) is -1.17. The van der Waals surface area contributed by atoms with Crippen molar-refractivity contribution in [3.8, 4) is 22.1 Å². The minimum absolute atomic E-state index is 0.131. The van der Waals surface area contributed by atoms with Crippen molar-refractivity contribution in [2.24, 2.45) is 0 Å². The minimum atomic E-state index is -1.54. The molecule has 2 rings (SSSR count). The predicted octanol–water partition coefficient (Wildman–Crippen LogP) is 1.91. The van der Waals surface area contributed by atoms with E-state index in [1.54, 1.807) is 24.6 Å². The summed E-state index contributed by atoms with van der Waals surface area (Å²) in [5.74, 6) is -0.871. The van der Waals surface area contributed by atoms with Gasteiger partial charge in [-0.15, -0.1) is 11.3 Å². The molecule has 134 valence electrons. The average Bonchev–Trinajstić information content (AvgIpc) is 3.07. The fourth-order valence-electron chi connectivity index (χ4n) is 2.07. The smallest absolute Gasteiger partial charge is 0.328 e. The molecule has 9 heteroatoms. The lowest BCUT2D eigenvalue weighted by Crippen LogP contribution is -2.43. The van der Waals surface area contributed by atoms with Gasteiger partial charge in [0, 0.05) is 10.9 Å². The molecule has 0 spiro atoms. The lowest BCUT2D eigenvalue weighted by Gasteiger charge is -2.09. The maximum atomic E-state index is 12.5. The Labute approximate surface area is 147 Å². The molecular weight excluding hydrogens is 351 g/mol. The van der Waals surface area contributed by atoms with Gasteiger partial charge < -0.3 is 19.9 Å². The molecule has 0 radical (unpaired) electrons. The lowest BCUT2D eigenvalue weighted by atomic mass is 10.2. The second-order valence-electron chi connectivity index (χ2n) is 5.00. The third-order valence-electron chi connectivity index (χ3n) is 3.31. The number of carboxylic acid groups (broad SMARTS) is 1. The van der Waals surface area contributed by atoms with Crippen molar-refractivity contribution in [2.75, 3.05) is 20.9 Å². The van der Waals surface area contributed by atoms with Crippen LogP contribution in [-0.4, -0.2) is 48.9 Å². The Hall–Kier alpha value is -2.68. The molecule has 0 aliphatic carbocycles. The van der Waals surface area contributed by atoms with E-state index < -0.39 is 24.6 Å². The van der Waals surface area contributed by atoms with Crippen molar-refractivity contribution in [1.82, 2.24) is 10.3 Å². The third kappa shape index (κ3) is 4.66. The van der Waals surface area contributed by atoms with E-state index in [-0.39, 0.29) is 6.42 Å². The Morgan fingerprint density at radius 1 is 1.32 bits per heavy atom. The van der Waals surface area contributed by atoms with Gasteiger partial charge >= 0.3 is 5.97 Å². The molecule has 0 bridgehead atoms. The van der Waals surface area contributed by atoms with Crippen molar-refractivity contribution in [3.05, 3.63) is 29.3 Å². The van der Waals surface area contributed by atoms with E-state index in [9.17, 15) is 14.0 Å². The van der Waals surface area contributed by atoms with Crippen LogP contribution in [0.15, 0.2) is 23.6 Å². The van der Waals surface area contributed by atoms with E-state index in [0.29, 0.717) is 22.2 Å². The lowest BCUT2D eigenvalue weighted by molar-refractivity contribution is -0.142. The molecule has 1 heterocycles. The summed E-state index contributed by atoms with van der Waals surface area (Å²) in [6.07, 6.45) is -0.131. The number of carbonyl (C=O) groups is 2. The number of methoxy groups -OCH3 is 2. The molecule has 0 fully saturated rings. The molecule has 7 nitrogen and oxygen atoms in total. The van der Waals surface area contributed by atoms with E-state index >= 15 is 0 Å². The molecule has 0 saturated heterocycles. The number of carboxylic acids is 1. The first-order chi connectivity index (χ1) is 12.0. The largest absolute Gasteiger partial charge is 0.493 e. The standard InChI is InChI=1S/C16H17FN2O5S/c1-23-12-4-3-9(5-13(12)24-2)15-18-10(8-25-15)6-14(20)19-11(7-17)16(21)22/h3-5,8,11H,6-7H2,1-2H3,(H,19,20)(H,21,22). The monoisotopic (exact) mass is 368 g/mol. The SMILES string of the molecule is COc1ccc(-c2nc(CC(=O)NC(CF)C(=O)O)cs2)cc1OC. The molecular formula is C16H17FN2O5S. The number of nitrogens with one attached hydrogen (secondary N) is 1. The number of benzene rings is 1. The van der Waals surface area contributed by atoms with Crippen LogP contribution < -0.4 is 14.8 Å². The molecule has 25 heavy (non-hydrogen) atoms. The number of carbonyl (C=O) groups excluding carboxylic acids is 1. The number of alkyl halides is 1. The first-order valence-corrected chi connectivity index (χ1v) is 8.11. The van der Waals surface area contributed by atoms with Crippen LogP contribution in [0.4, 0.5) is 4.39 Å². The number of hydrogen-bond donors (Lipinski definition) is 2. The van der Waals surface area contributed by atoms with Crippen LogP contribution in [0.25, 0.3) is 10.6 Å². The predicted molar refractivity (Wildman–Crippen MR) is 89.9 cm³/mol. The zero-order valence-electron chi connectivity index (χ0n) is 13.6. The average molecular weight is 368 g/mol. The van der Waals surface area contributed by atoms with Crippen molar-refractivity contribution in [3.63, 3.8) is 0 Å². The molecule has 0 aliphatic heterocycles. The van der Waals surface area contributed by atoms with Gasteiger partial charge in [0.15, 0.2) is 17.5 Å². The summed E-state index contributed by atoms with van der Waals surface area (Å²) in [5.41, 5.74) is 1.26. The number of thiazole rings is 1. The first-order valence-electron chi connectivity index (χ1n) is 7.23. The van der Waals surface area contributed by atoms with Gasteiger partial charge in [-0.1, -0.05) is 0 Å². The molecule has 1 unspecified atom stereocenters. The number of aliphatic carboxylic acids is 1. The van der Waals surface area contributed by atoms with Crippen LogP contribution in [0.5, 0.6) is 11.5 Å². The molecule has 1 amide bonds. The Morgan fingerprint density at radius 2 is 2.04 bits per heavy atom. The van der Waals surface area contributed by atoms with Crippen LogP contribution in [0.1, 0.15) is 5.69 Å². The van der Waals surface area contributed by atoms with Crippen molar-refractivity contribution < 1.29 is 28.6 Å². The van der Waals surface area contributed by atoms with Gasteiger partial charge in [0.25, 0.3) is 0 Å². The topological polar surface area (TPSA) is 97.8 Å². The second kappa shape index (κ2) is 8.43. The third-order valence-corrected chi connectivity index (χ3v) is 4.25. The number of rotatable bonds is 8. The van der Waals surface area contributed by atoms with E-state index in [4.69, 9.17) is 14.6 Å². The highest BCUT2D eigenvalue weighted by Crippen LogP contribution is 2.33. The fourth-order valence-corrected chi connectivity index (χ4v) is 2.88. The number of aromatic nitrogens is 1. The second-order valence-corrected chi connectivity index (χ2v) is 5.86. The summed E-state index contributed by atoms with van der Waals surface area (Å²) in [4.78, 5) is 26.9. The van der Waals surface area contributed by atoms with Crippen LogP contribution in [-0.2, 0) is 16.0 Å². The number of ether oxygens (including phenoxy) is 2. The van der Waals surface area contributed by atoms with Crippen LogP contribution in [0, 0.1) is 0 Å². The van der Waals surface area contributed by atoms with E-state index in [1.807, 2.05) is 6.07 Å². The Morgan fingerprint density at radius 3 is 2.64 bits per heavy atom. The first kappa shape index (κ1) is 18.7. The molecule has 2 aromatic rings. The highest BCUT2D eigenvalue weighted by Gasteiger charge is 2.20. The molecule has 1 aromatic carbocycles. The van der Waals surface area contributed by atoms with Gasteiger partial charge in [-0.3, -0.25) is 4.79 Å². The Bertz CT molecular complexity index is 765. The van der Waals surface area contributed by atoms with E-state index in [0.717, 1.165) is 5.56 Å². The molecule has 1 aromatic heterocycles. The molecule has 2 N–H and O–H groups in total. The molecule has 1 atom stereocenters. The zero-order chi connectivity index (χ0) is 18.4. The van der Waals surface area contributed by atoms with Gasteiger partial charge in [-0.05, 0) is 18.2 Å². The highest BCUT2D eigenvalue weighted by molar-refractivity contribution is 7.13. The maximum absolute atomic E-state index is 12.5. The Kier molecular flexibility index (Phi) is 6.29. The van der Waals surface area contributed by atoms with Gasteiger partial charge in [0.1, 0.15) is 11.7 Å². The summed E-state index contributed by atoms with van der Waals surface area (Å²) in [6, 6.07) is 3.79. The van der Waals surface area contributed by atoms with Crippen molar-refractivity contribution >= 4 is 23.2 Å². The van der Waals surface area contributed by atoms with Crippen LogP contribution in [0.2, 0.25) is 0 Å². The summed E-state index contributed by atoms with van der Waals surface area (Å²) >= 11 is 1.33. The number of amides is 1. The van der Waals surface area contributed by atoms with E-state index in [1.165, 1.54) is 18.4 Å². The zero-order valence-corrected chi connectivity index (χ0v) is 14.4. The van der Waals surface area contributed by atoms with Gasteiger partial charge in [0.05, 0.1) is 26.3 Å². The normalized spacial score (nSPS) is 11.6. The van der Waals surface area contributed by atoms with Gasteiger partial charge in [-0.25, -0.2) is 14.2 Å². The molecule has 0 saturated carbocycles. The number of halogens is 1. The van der Waals surface area contributed by atoms with Gasteiger partial charge in [-0.2, -0.15) is 0 Å². The fraction of sp³-hybridized carbons (Fsp3) is 0.312. The van der Waals surface area contributed by atoms with Crippen LogP contribution in [0.3, 0.4) is 0 Å². The minimum Gasteiger partial charge on any atom is -0.493 e. The van der Waals surface area contributed by atoms with Gasteiger partial charge in [0.2, 0.25) is 5.91 Å². The maximum Gasteiger partial charge on any atom is 0.328 e. The highest BCUT2D eigenvalue weighted by atomic mass is 32.1. The summed E-state index contributed by atoms with van der Waals surface area (Å²) < 4.78 is 23.0. The van der Waals surface area contributed by atoms with Crippen molar-refractivity contribution in [1.29, 1.82) is 0 Å². The quantitative estimate of drug-likeness (QED) is 0.739. The summed E-state index contributed by atoms with van der Waals surface area (Å²) in [5, 5.41) is 13.2. The Balaban J connectivity index is 2.09. The van der Waals surface area contributed by atoms with Crippen molar-refractivity contribution in [2.45, 2.75) is 12.5 Å². The molecule has 0 aliphatic rings. The number of hydrogen-bond acceptors (Lipinski definition) is 6.